The van der Waals surface area contributed by atoms with Crippen LogP contribution in [0.5, 0.6) is 0 Å². The van der Waals surface area contributed by atoms with E-state index in [9.17, 15) is 13.9 Å². The lowest BCUT2D eigenvalue weighted by atomic mass is 10.0. The van der Waals surface area contributed by atoms with Gasteiger partial charge in [0.1, 0.15) is 0 Å². The minimum absolute atomic E-state index is 0.0196. The summed E-state index contributed by atoms with van der Waals surface area (Å²) in [5.74, 6) is 0.304. The Kier molecular flexibility index (Phi) is 3.71. The molecule has 0 bridgehead atoms. The minimum Gasteiger partial charge on any atom is -0.399 e. The lowest BCUT2D eigenvalue weighted by molar-refractivity contribution is 0.151. The molecule has 0 radical (unpaired) electrons. The molecule has 1 fully saturated rings. The van der Waals surface area contributed by atoms with Gasteiger partial charge >= 0.3 is 0 Å². The summed E-state index contributed by atoms with van der Waals surface area (Å²) >= 11 is 0. The Morgan fingerprint density at radius 1 is 1.50 bits per heavy atom. The van der Waals surface area contributed by atoms with Gasteiger partial charge in [0, 0.05) is 23.5 Å². The number of aliphatic hydroxyl groups is 1. The van der Waals surface area contributed by atoms with Gasteiger partial charge in [0.15, 0.2) is 0 Å². The minimum atomic E-state index is -2.56. The third-order valence-corrected chi connectivity index (χ3v) is 3.67. The molecular formula is C13H18F2N2O. The third-order valence-electron chi connectivity index (χ3n) is 3.67. The van der Waals surface area contributed by atoms with Gasteiger partial charge in [-0.25, -0.2) is 8.78 Å². The smallest absolute Gasteiger partial charge is 0.265 e. The number of hydrogen-bond acceptors (Lipinski definition) is 3. The number of halogens is 2. The first-order valence-corrected chi connectivity index (χ1v) is 6.09. The van der Waals surface area contributed by atoms with Crippen LogP contribution in [0, 0.1) is 5.92 Å². The van der Waals surface area contributed by atoms with Crippen molar-refractivity contribution in [3.05, 3.63) is 23.8 Å². The van der Waals surface area contributed by atoms with Crippen molar-refractivity contribution >= 4 is 11.4 Å². The van der Waals surface area contributed by atoms with Gasteiger partial charge in [0.2, 0.25) is 0 Å². The lowest BCUT2D eigenvalue weighted by Gasteiger charge is -2.29. The number of anilines is 2. The fourth-order valence-electron chi connectivity index (χ4n) is 2.60. The molecule has 1 saturated heterocycles. The molecule has 2 unspecified atom stereocenters. The molecule has 1 aliphatic heterocycles. The number of hydrogen-bond donors (Lipinski definition) is 2. The molecule has 0 saturated carbocycles. The van der Waals surface area contributed by atoms with E-state index >= 15 is 0 Å². The van der Waals surface area contributed by atoms with Gasteiger partial charge < -0.3 is 15.7 Å². The zero-order valence-electron chi connectivity index (χ0n) is 10.3. The van der Waals surface area contributed by atoms with Crippen LogP contribution in [-0.2, 0) is 0 Å². The highest BCUT2D eigenvalue weighted by Gasteiger charge is 2.32. The van der Waals surface area contributed by atoms with Crippen LogP contribution in [0.4, 0.5) is 20.2 Å². The number of nitrogens with zero attached hydrogens (tertiary/aromatic N) is 1. The molecule has 2 atom stereocenters. The Balaban J connectivity index is 2.38. The maximum absolute atomic E-state index is 13.0. The second kappa shape index (κ2) is 5.10. The van der Waals surface area contributed by atoms with Crippen molar-refractivity contribution in [2.45, 2.75) is 25.8 Å². The standard InChI is InChI=1S/C13H18F2N2O/c1-8-4-5-17(12(8)7-18)11-3-2-9(16)6-10(11)13(14)15/h2-3,6,8,12-13,18H,4-5,7,16H2,1H3. The molecule has 0 amide bonds. The van der Waals surface area contributed by atoms with E-state index in [1.165, 1.54) is 6.07 Å². The normalized spacial score (nSPS) is 23.9. The molecule has 3 nitrogen and oxygen atoms in total. The van der Waals surface area contributed by atoms with Crippen molar-refractivity contribution in [1.82, 2.24) is 0 Å². The van der Waals surface area contributed by atoms with Crippen LogP contribution in [0.1, 0.15) is 25.3 Å². The fourth-order valence-corrected chi connectivity index (χ4v) is 2.60. The van der Waals surface area contributed by atoms with Gasteiger partial charge in [-0.3, -0.25) is 0 Å². The Hall–Kier alpha value is -1.36. The summed E-state index contributed by atoms with van der Waals surface area (Å²) in [6.07, 6.45) is -1.66. The van der Waals surface area contributed by atoms with Gasteiger partial charge in [-0.05, 0) is 30.5 Å². The van der Waals surface area contributed by atoms with Crippen LogP contribution in [0.2, 0.25) is 0 Å². The van der Waals surface area contributed by atoms with Crippen molar-refractivity contribution in [2.75, 3.05) is 23.8 Å². The Bertz CT molecular complexity index is 425. The number of nitrogen functional groups attached to an aromatic ring is 1. The summed E-state index contributed by atoms with van der Waals surface area (Å²) in [6, 6.07) is 4.47. The van der Waals surface area contributed by atoms with E-state index in [1.807, 2.05) is 11.8 Å². The second-order valence-electron chi connectivity index (χ2n) is 4.83. The van der Waals surface area contributed by atoms with Gasteiger partial charge in [-0.2, -0.15) is 0 Å². The summed E-state index contributed by atoms with van der Waals surface area (Å²) in [5.41, 5.74) is 6.33. The van der Waals surface area contributed by atoms with E-state index in [0.29, 0.717) is 23.8 Å². The molecule has 1 aromatic carbocycles. The number of nitrogens with two attached hydrogens (primary N) is 1. The number of aliphatic hydroxyl groups excluding tert-OH is 1. The largest absolute Gasteiger partial charge is 0.399 e. The van der Waals surface area contributed by atoms with Crippen LogP contribution in [0.15, 0.2) is 18.2 Å². The number of rotatable bonds is 3. The summed E-state index contributed by atoms with van der Waals surface area (Å²) in [7, 11) is 0. The highest BCUT2D eigenvalue weighted by atomic mass is 19.3. The molecule has 1 heterocycles. The van der Waals surface area contributed by atoms with Gasteiger partial charge in [0.05, 0.1) is 12.6 Å². The monoisotopic (exact) mass is 256 g/mol. The molecule has 0 aliphatic carbocycles. The zero-order chi connectivity index (χ0) is 13.3. The molecule has 100 valence electrons. The first-order chi connectivity index (χ1) is 8.54. The van der Waals surface area contributed by atoms with Crippen molar-refractivity contribution in [2.24, 2.45) is 5.92 Å². The number of benzene rings is 1. The van der Waals surface area contributed by atoms with Crippen LogP contribution in [0.25, 0.3) is 0 Å². The van der Waals surface area contributed by atoms with Crippen molar-refractivity contribution in [3.8, 4) is 0 Å². The molecule has 18 heavy (non-hydrogen) atoms. The zero-order valence-corrected chi connectivity index (χ0v) is 10.3. The van der Waals surface area contributed by atoms with E-state index in [-0.39, 0.29) is 18.2 Å². The van der Waals surface area contributed by atoms with Crippen LogP contribution >= 0.6 is 0 Å². The molecule has 3 N–H and O–H groups in total. The van der Waals surface area contributed by atoms with Crippen LogP contribution in [0.3, 0.4) is 0 Å². The topological polar surface area (TPSA) is 49.5 Å². The van der Waals surface area contributed by atoms with Crippen molar-refractivity contribution in [1.29, 1.82) is 0 Å². The molecule has 5 heteroatoms. The van der Waals surface area contributed by atoms with E-state index < -0.39 is 6.43 Å². The van der Waals surface area contributed by atoms with E-state index in [4.69, 9.17) is 5.73 Å². The van der Waals surface area contributed by atoms with Crippen molar-refractivity contribution < 1.29 is 13.9 Å². The van der Waals surface area contributed by atoms with E-state index in [2.05, 4.69) is 0 Å². The molecule has 0 spiro atoms. The Labute approximate surface area is 105 Å². The average molecular weight is 256 g/mol. The summed E-state index contributed by atoms with van der Waals surface area (Å²) < 4.78 is 26.1. The Morgan fingerprint density at radius 3 is 2.83 bits per heavy atom. The first-order valence-electron chi connectivity index (χ1n) is 6.09. The predicted octanol–water partition coefficient (Wildman–Crippen LogP) is 2.41. The molecule has 0 aromatic heterocycles. The maximum atomic E-state index is 13.0. The van der Waals surface area contributed by atoms with Crippen LogP contribution in [-0.4, -0.2) is 24.3 Å². The first kappa shape index (κ1) is 13.1. The van der Waals surface area contributed by atoms with E-state index in [1.54, 1.807) is 12.1 Å². The summed E-state index contributed by atoms with van der Waals surface area (Å²) in [5, 5.41) is 9.40. The predicted molar refractivity (Wildman–Crippen MR) is 67.8 cm³/mol. The average Bonchev–Trinajstić information content (AvgIpc) is 2.70. The third kappa shape index (κ3) is 2.27. The quantitative estimate of drug-likeness (QED) is 0.816. The van der Waals surface area contributed by atoms with Crippen LogP contribution < -0.4 is 10.6 Å². The van der Waals surface area contributed by atoms with Gasteiger partial charge in [0.25, 0.3) is 6.43 Å². The fraction of sp³-hybridized carbons (Fsp3) is 0.538. The molecule has 1 aliphatic rings. The molecular weight excluding hydrogens is 238 g/mol. The van der Waals surface area contributed by atoms with Crippen molar-refractivity contribution in [3.63, 3.8) is 0 Å². The Morgan fingerprint density at radius 2 is 2.22 bits per heavy atom. The SMILES string of the molecule is CC1CCN(c2ccc(N)cc2C(F)F)C1CO. The number of alkyl halides is 2. The second-order valence-corrected chi connectivity index (χ2v) is 4.83. The highest BCUT2D eigenvalue weighted by molar-refractivity contribution is 5.61. The highest BCUT2D eigenvalue weighted by Crippen LogP contribution is 2.36. The summed E-state index contributed by atoms with van der Waals surface area (Å²) in [6.45, 7) is 2.70. The van der Waals surface area contributed by atoms with E-state index in [0.717, 1.165) is 6.42 Å². The maximum Gasteiger partial charge on any atom is 0.265 e. The summed E-state index contributed by atoms with van der Waals surface area (Å²) in [4.78, 5) is 1.87. The van der Waals surface area contributed by atoms with Gasteiger partial charge in [-0.1, -0.05) is 6.92 Å². The van der Waals surface area contributed by atoms with Gasteiger partial charge in [-0.15, -0.1) is 0 Å². The molecule has 1 aromatic rings. The lowest BCUT2D eigenvalue weighted by Crippen LogP contribution is -2.35. The molecule has 2 rings (SSSR count).